The number of carbonyl (C=O) groups is 1. The standard InChI is InChI=1S/C21H27ClN2O3S/c1-4-5-17(3)23-21(25)15-24(14-18-8-10-19(22)11-9-18)28(26,27)20-12-6-16(2)7-13-20/h6-13,17H,4-5,14-15H2,1-3H3,(H,23,25)/t17-/m0/s1. The van der Waals surface area contributed by atoms with E-state index in [0.29, 0.717) is 5.02 Å². The molecule has 0 radical (unpaired) electrons. The number of hydrogen-bond donors (Lipinski definition) is 1. The fourth-order valence-electron chi connectivity index (χ4n) is 2.86. The molecule has 0 heterocycles. The van der Waals surface area contributed by atoms with Crippen molar-refractivity contribution in [3.05, 3.63) is 64.7 Å². The second-order valence-electron chi connectivity index (χ2n) is 6.97. The SMILES string of the molecule is CCC[C@H](C)NC(=O)CN(Cc1ccc(Cl)cc1)S(=O)(=O)c1ccc(C)cc1. The number of benzene rings is 2. The normalized spacial score (nSPS) is 12.8. The van der Waals surface area contributed by atoms with Gasteiger partial charge < -0.3 is 5.32 Å². The lowest BCUT2D eigenvalue weighted by atomic mass is 10.2. The van der Waals surface area contributed by atoms with Crippen molar-refractivity contribution in [2.24, 2.45) is 0 Å². The molecule has 0 aliphatic rings. The first-order chi connectivity index (χ1) is 13.2. The first-order valence-corrected chi connectivity index (χ1v) is 11.1. The van der Waals surface area contributed by atoms with E-state index in [2.05, 4.69) is 5.32 Å². The van der Waals surface area contributed by atoms with Crippen LogP contribution in [0.2, 0.25) is 5.02 Å². The summed E-state index contributed by atoms with van der Waals surface area (Å²) in [6.07, 6.45) is 1.78. The molecule has 2 rings (SSSR count). The van der Waals surface area contributed by atoms with Crippen LogP contribution in [0, 0.1) is 6.92 Å². The molecular weight excluding hydrogens is 396 g/mol. The van der Waals surface area contributed by atoms with Crippen molar-refractivity contribution in [2.75, 3.05) is 6.54 Å². The Kier molecular flexibility index (Phi) is 8.04. The zero-order valence-corrected chi connectivity index (χ0v) is 18.1. The lowest BCUT2D eigenvalue weighted by Crippen LogP contribution is -2.43. The number of amides is 1. The second kappa shape index (κ2) is 10.0. The van der Waals surface area contributed by atoms with E-state index in [1.165, 1.54) is 4.31 Å². The van der Waals surface area contributed by atoms with E-state index in [0.717, 1.165) is 24.0 Å². The van der Waals surface area contributed by atoms with Gasteiger partial charge in [0.15, 0.2) is 0 Å². The highest BCUT2D eigenvalue weighted by Crippen LogP contribution is 2.20. The summed E-state index contributed by atoms with van der Waals surface area (Å²) >= 11 is 5.92. The zero-order chi connectivity index (χ0) is 20.7. The van der Waals surface area contributed by atoms with Gasteiger partial charge in [-0.1, -0.05) is 54.8 Å². The van der Waals surface area contributed by atoms with Gasteiger partial charge in [0.05, 0.1) is 11.4 Å². The number of rotatable bonds is 9. The Labute approximate surface area is 172 Å². The van der Waals surface area contributed by atoms with Gasteiger partial charge in [-0.2, -0.15) is 4.31 Å². The summed E-state index contributed by atoms with van der Waals surface area (Å²) in [7, 11) is -3.83. The van der Waals surface area contributed by atoms with Crippen LogP contribution in [0.1, 0.15) is 37.8 Å². The van der Waals surface area contributed by atoms with Crippen molar-refractivity contribution in [3.63, 3.8) is 0 Å². The van der Waals surface area contributed by atoms with Gasteiger partial charge in [0.2, 0.25) is 15.9 Å². The Morgan fingerprint density at radius 2 is 1.71 bits per heavy atom. The van der Waals surface area contributed by atoms with E-state index < -0.39 is 10.0 Å². The van der Waals surface area contributed by atoms with Crippen LogP contribution in [0.25, 0.3) is 0 Å². The summed E-state index contributed by atoms with van der Waals surface area (Å²) in [6.45, 7) is 5.69. The molecule has 152 valence electrons. The average molecular weight is 423 g/mol. The molecule has 0 aliphatic heterocycles. The van der Waals surface area contributed by atoms with Gasteiger partial charge >= 0.3 is 0 Å². The number of halogens is 1. The van der Waals surface area contributed by atoms with Crippen LogP contribution in [0.5, 0.6) is 0 Å². The highest BCUT2D eigenvalue weighted by molar-refractivity contribution is 7.89. The molecule has 0 spiro atoms. The van der Waals surface area contributed by atoms with E-state index in [1.807, 2.05) is 20.8 Å². The predicted molar refractivity (Wildman–Crippen MR) is 113 cm³/mol. The van der Waals surface area contributed by atoms with Crippen LogP contribution in [0.4, 0.5) is 0 Å². The lowest BCUT2D eigenvalue weighted by Gasteiger charge is -2.23. The van der Waals surface area contributed by atoms with Crippen molar-refractivity contribution in [3.8, 4) is 0 Å². The van der Waals surface area contributed by atoms with Crippen LogP contribution >= 0.6 is 11.6 Å². The van der Waals surface area contributed by atoms with E-state index in [-0.39, 0.29) is 29.9 Å². The molecule has 0 saturated carbocycles. The fraction of sp³-hybridized carbons (Fsp3) is 0.381. The van der Waals surface area contributed by atoms with Gasteiger partial charge in [-0.05, 0) is 50.1 Å². The van der Waals surface area contributed by atoms with Gasteiger partial charge in [-0.3, -0.25) is 4.79 Å². The Morgan fingerprint density at radius 1 is 1.11 bits per heavy atom. The summed E-state index contributed by atoms with van der Waals surface area (Å²) in [5.41, 5.74) is 1.73. The second-order valence-corrected chi connectivity index (χ2v) is 9.34. The summed E-state index contributed by atoms with van der Waals surface area (Å²) in [5.74, 6) is -0.314. The number of hydrogen-bond acceptors (Lipinski definition) is 3. The summed E-state index contributed by atoms with van der Waals surface area (Å²) in [4.78, 5) is 12.6. The van der Waals surface area contributed by atoms with Crippen molar-refractivity contribution in [1.29, 1.82) is 0 Å². The third-order valence-electron chi connectivity index (χ3n) is 4.38. The summed E-state index contributed by atoms with van der Waals surface area (Å²) < 4.78 is 27.6. The molecule has 28 heavy (non-hydrogen) atoms. The van der Waals surface area contributed by atoms with E-state index >= 15 is 0 Å². The number of nitrogens with zero attached hydrogens (tertiary/aromatic N) is 1. The smallest absolute Gasteiger partial charge is 0.243 e. The molecule has 0 unspecified atom stereocenters. The van der Waals surface area contributed by atoms with Gasteiger partial charge in [0, 0.05) is 17.6 Å². The van der Waals surface area contributed by atoms with Crippen LogP contribution in [0.15, 0.2) is 53.4 Å². The van der Waals surface area contributed by atoms with E-state index in [4.69, 9.17) is 11.6 Å². The van der Waals surface area contributed by atoms with Gasteiger partial charge in [0.1, 0.15) is 0 Å². The number of carbonyl (C=O) groups excluding carboxylic acids is 1. The quantitative estimate of drug-likeness (QED) is 0.660. The third-order valence-corrected chi connectivity index (χ3v) is 6.44. The molecule has 1 amide bonds. The number of sulfonamides is 1. The van der Waals surface area contributed by atoms with Crippen LogP contribution in [-0.2, 0) is 21.4 Å². The molecule has 7 heteroatoms. The minimum absolute atomic E-state index is 0.00281. The fourth-order valence-corrected chi connectivity index (χ4v) is 4.37. The Hall–Kier alpha value is -1.89. The first-order valence-electron chi connectivity index (χ1n) is 9.33. The Morgan fingerprint density at radius 3 is 2.29 bits per heavy atom. The monoisotopic (exact) mass is 422 g/mol. The molecule has 0 fully saturated rings. The topological polar surface area (TPSA) is 66.5 Å². The molecule has 0 aromatic heterocycles. The highest BCUT2D eigenvalue weighted by atomic mass is 35.5. The molecule has 5 nitrogen and oxygen atoms in total. The maximum absolute atomic E-state index is 13.2. The average Bonchev–Trinajstić information content (AvgIpc) is 2.63. The molecule has 0 aliphatic carbocycles. The van der Waals surface area contributed by atoms with Crippen molar-refractivity contribution < 1.29 is 13.2 Å². The highest BCUT2D eigenvalue weighted by Gasteiger charge is 2.27. The Balaban J connectivity index is 2.27. The van der Waals surface area contributed by atoms with Crippen LogP contribution < -0.4 is 5.32 Å². The minimum atomic E-state index is -3.83. The Bertz CT molecular complexity index is 881. The molecule has 1 atom stereocenters. The van der Waals surface area contributed by atoms with Gasteiger partial charge in [-0.25, -0.2) is 8.42 Å². The molecule has 2 aromatic rings. The zero-order valence-electron chi connectivity index (χ0n) is 16.5. The summed E-state index contributed by atoms with van der Waals surface area (Å²) in [5, 5.41) is 3.44. The van der Waals surface area contributed by atoms with Crippen molar-refractivity contribution >= 4 is 27.5 Å². The maximum Gasteiger partial charge on any atom is 0.243 e. The summed E-state index contributed by atoms with van der Waals surface area (Å²) in [6, 6.07) is 13.6. The van der Waals surface area contributed by atoms with Gasteiger partial charge in [0.25, 0.3) is 0 Å². The van der Waals surface area contributed by atoms with Crippen molar-refractivity contribution in [2.45, 2.75) is 51.1 Å². The van der Waals surface area contributed by atoms with Gasteiger partial charge in [-0.15, -0.1) is 0 Å². The number of aryl methyl sites for hydroxylation is 1. The molecule has 0 saturated heterocycles. The third kappa shape index (κ3) is 6.33. The number of nitrogens with one attached hydrogen (secondary N) is 1. The minimum Gasteiger partial charge on any atom is -0.353 e. The lowest BCUT2D eigenvalue weighted by molar-refractivity contribution is -0.122. The molecule has 2 aromatic carbocycles. The molecule has 1 N–H and O–H groups in total. The maximum atomic E-state index is 13.2. The predicted octanol–water partition coefficient (Wildman–Crippen LogP) is 4.14. The molecule has 0 bridgehead atoms. The van der Waals surface area contributed by atoms with E-state index in [9.17, 15) is 13.2 Å². The van der Waals surface area contributed by atoms with Crippen LogP contribution in [-0.4, -0.2) is 31.2 Å². The van der Waals surface area contributed by atoms with Crippen LogP contribution in [0.3, 0.4) is 0 Å². The van der Waals surface area contributed by atoms with E-state index in [1.54, 1.807) is 48.5 Å². The molecular formula is C21H27ClN2O3S. The largest absolute Gasteiger partial charge is 0.353 e. The van der Waals surface area contributed by atoms with Crippen molar-refractivity contribution in [1.82, 2.24) is 9.62 Å². The first kappa shape index (κ1) is 22.4.